The first kappa shape index (κ1) is 15.7. The van der Waals surface area contributed by atoms with E-state index in [2.05, 4.69) is 52.7 Å². The highest BCUT2D eigenvalue weighted by Gasteiger charge is 2.11. The Balaban J connectivity index is 1.53. The van der Waals surface area contributed by atoms with Crippen LogP contribution in [0.1, 0.15) is 5.56 Å². The number of nitrogens with zero attached hydrogens (tertiary/aromatic N) is 2. The van der Waals surface area contributed by atoms with Gasteiger partial charge in [0.1, 0.15) is 5.75 Å². The van der Waals surface area contributed by atoms with Gasteiger partial charge in [-0.1, -0.05) is 60.3 Å². The molecule has 1 heterocycles. The topological polar surface area (TPSA) is 48.2 Å². The van der Waals surface area contributed by atoms with Crippen molar-refractivity contribution in [2.45, 2.75) is 11.0 Å². The highest BCUT2D eigenvalue weighted by Crippen LogP contribution is 2.29. The molecule has 4 nitrogen and oxygen atoms in total. The Labute approximate surface area is 149 Å². The monoisotopic (exact) mass is 348 g/mol. The summed E-state index contributed by atoms with van der Waals surface area (Å²) in [6.07, 6.45) is 0. The Morgan fingerprint density at radius 1 is 0.960 bits per heavy atom. The van der Waals surface area contributed by atoms with Crippen molar-refractivity contribution >= 4 is 22.5 Å². The third kappa shape index (κ3) is 3.37. The van der Waals surface area contributed by atoms with Crippen LogP contribution in [-0.2, 0) is 5.75 Å². The molecule has 1 aromatic heterocycles. The minimum atomic E-state index is 0.499. The fraction of sp³-hybridized carbons (Fsp3) is 0.100. The third-order valence-corrected chi connectivity index (χ3v) is 4.82. The van der Waals surface area contributed by atoms with Gasteiger partial charge < -0.3 is 9.15 Å². The molecule has 0 amide bonds. The zero-order valence-corrected chi connectivity index (χ0v) is 14.5. The van der Waals surface area contributed by atoms with Crippen LogP contribution in [-0.4, -0.2) is 17.3 Å². The predicted octanol–water partition coefficient (Wildman–Crippen LogP) is 5.19. The first-order valence-corrected chi connectivity index (χ1v) is 8.89. The Kier molecular flexibility index (Phi) is 4.39. The second-order valence-electron chi connectivity index (χ2n) is 5.53. The van der Waals surface area contributed by atoms with Crippen LogP contribution < -0.4 is 4.74 Å². The van der Waals surface area contributed by atoms with Gasteiger partial charge in [0.25, 0.3) is 5.22 Å². The maximum atomic E-state index is 5.79. The van der Waals surface area contributed by atoms with Crippen molar-refractivity contribution in [1.82, 2.24) is 10.2 Å². The highest BCUT2D eigenvalue weighted by molar-refractivity contribution is 7.98. The molecule has 0 spiro atoms. The molecule has 5 heteroatoms. The number of thioether (sulfide) groups is 1. The molecule has 0 radical (unpaired) electrons. The lowest BCUT2D eigenvalue weighted by molar-refractivity contribution is 0.414. The van der Waals surface area contributed by atoms with E-state index in [4.69, 9.17) is 9.15 Å². The average molecular weight is 348 g/mol. The van der Waals surface area contributed by atoms with Gasteiger partial charge in [-0.05, 0) is 34.5 Å². The quantitative estimate of drug-likeness (QED) is 0.464. The van der Waals surface area contributed by atoms with Crippen molar-refractivity contribution < 1.29 is 9.15 Å². The maximum absolute atomic E-state index is 5.79. The third-order valence-electron chi connectivity index (χ3n) is 3.95. The molecular formula is C20H16N2O2S. The normalized spacial score (nSPS) is 10.9. The van der Waals surface area contributed by atoms with Gasteiger partial charge in [-0.25, -0.2) is 0 Å². The van der Waals surface area contributed by atoms with Crippen LogP contribution in [0.4, 0.5) is 0 Å². The van der Waals surface area contributed by atoms with Gasteiger partial charge >= 0.3 is 0 Å². The Morgan fingerprint density at radius 2 is 1.80 bits per heavy atom. The Morgan fingerprint density at radius 3 is 2.72 bits per heavy atom. The standard InChI is InChI=1S/C20H16N2O2S/c1-23-17-10-5-8-15(12-17)19-21-22-20(24-19)25-13-16-9-4-7-14-6-2-3-11-18(14)16/h2-12H,13H2,1H3. The number of methoxy groups -OCH3 is 1. The molecule has 0 saturated heterocycles. The number of aromatic nitrogens is 2. The second kappa shape index (κ2) is 6.99. The smallest absolute Gasteiger partial charge is 0.277 e. The summed E-state index contributed by atoms with van der Waals surface area (Å²) in [5.74, 6) is 2.04. The maximum Gasteiger partial charge on any atom is 0.277 e. The molecule has 0 N–H and O–H groups in total. The van der Waals surface area contributed by atoms with E-state index in [1.807, 2.05) is 24.3 Å². The van der Waals surface area contributed by atoms with Gasteiger partial charge in [-0.15, -0.1) is 10.2 Å². The number of rotatable bonds is 5. The molecule has 3 aromatic carbocycles. The van der Waals surface area contributed by atoms with Crippen LogP contribution in [0.5, 0.6) is 5.75 Å². The van der Waals surface area contributed by atoms with Crippen LogP contribution in [0.15, 0.2) is 76.4 Å². The Hall–Kier alpha value is -2.79. The molecule has 0 aliphatic carbocycles. The van der Waals surface area contributed by atoms with E-state index in [0.29, 0.717) is 11.1 Å². The molecule has 0 aliphatic rings. The molecule has 0 saturated carbocycles. The van der Waals surface area contributed by atoms with E-state index in [9.17, 15) is 0 Å². The summed E-state index contributed by atoms with van der Waals surface area (Å²) in [4.78, 5) is 0. The summed E-state index contributed by atoms with van der Waals surface area (Å²) in [6, 6.07) is 22.3. The largest absolute Gasteiger partial charge is 0.497 e. The molecule has 4 rings (SSSR count). The van der Waals surface area contributed by atoms with Crippen LogP contribution >= 0.6 is 11.8 Å². The van der Waals surface area contributed by atoms with E-state index >= 15 is 0 Å². The molecule has 124 valence electrons. The first-order valence-electron chi connectivity index (χ1n) is 7.91. The van der Waals surface area contributed by atoms with E-state index in [-0.39, 0.29) is 0 Å². The Bertz CT molecular complexity index is 1010. The minimum Gasteiger partial charge on any atom is -0.497 e. The van der Waals surface area contributed by atoms with Crippen molar-refractivity contribution in [2.75, 3.05) is 7.11 Å². The summed E-state index contributed by atoms with van der Waals surface area (Å²) >= 11 is 1.54. The lowest BCUT2D eigenvalue weighted by Crippen LogP contribution is -1.84. The van der Waals surface area contributed by atoms with Crippen LogP contribution in [0.3, 0.4) is 0 Å². The number of benzene rings is 3. The van der Waals surface area contributed by atoms with Gasteiger partial charge in [-0.2, -0.15) is 0 Å². The fourth-order valence-electron chi connectivity index (χ4n) is 2.70. The highest BCUT2D eigenvalue weighted by atomic mass is 32.2. The number of fused-ring (bicyclic) bond motifs is 1. The van der Waals surface area contributed by atoms with Gasteiger partial charge in [0, 0.05) is 11.3 Å². The van der Waals surface area contributed by atoms with Crippen molar-refractivity contribution in [3.63, 3.8) is 0 Å². The summed E-state index contributed by atoms with van der Waals surface area (Å²) in [5.41, 5.74) is 2.10. The van der Waals surface area contributed by atoms with Crippen LogP contribution in [0, 0.1) is 0 Å². The molecule has 0 aliphatic heterocycles. The van der Waals surface area contributed by atoms with E-state index in [1.54, 1.807) is 18.9 Å². The molecule has 0 atom stereocenters. The zero-order valence-electron chi connectivity index (χ0n) is 13.7. The fourth-order valence-corrected chi connectivity index (χ4v) is 3.47. The van der Waals surface area contributed by atoms with Crippen molar-refractivity contribution in [2.24, 2.45) is 0 Å². The van der Waals surface area contributed by atoms with Gasteiger partial charge in [-0.3, -0.25) is 0 Å². The second-order valence-corrected chi connectivity index (χ2v) is 6.46. The van der Waals surface area contributed by atoms with E-state index in [0.717, 1.165) is 17.1 Å². The molecule has 0 bridgehead atoms. The summed E-state index contributed by atoms with van der Waals surface area (Å²) < 4.78 is 11.0. The average Bonchev–Trinajstić information content (AvgIpc) is 3.15. The van der Waals surface area contributed by atoms with Crippen molar-refractivity contribution in [3.05, 3.63) is 72.3 Å². The molecule has 0 fully saturated rings. The van der Waals surface area contributed by atoms with Gasteiger partial charge in [0.05, 0.1) is 7.11 Å². The SMILES string of the molecule is COc1cccc(-c2nnc(SCc3cccc4ccccc34)o2)c1. The lowest BCUT2D eigenvalue weighted by Gasteiger charge is -2.04. The minimum absolute atomic E-state index is 0.499. The number of ether oxygens (including phenoxy) is 1. The summed E-state index contributed by atoms with van der Waals surface area (Å²) in [5, 5.41) is 11.3. The van der Waals surface area contributed by atoms with Crippen molar-refractivity contribution in [3.8, 4) is 17.2 Å². The van der Waals surface area contributed by atoms with Crippen LogP contribution in [0.2, 0.25) is 0 Å². The van der Waals surface area contributed by atoms with Gasteiger partial charge in [0.15, 0.2) is 0 Å². The molecule has 4 aromatic rings. The predicted molar refractivity (Wildman–Crippen MR) is 99.8 cm³/mol. The molecule has 0 unspecified atom stereocenters. The lowest BCUT2D eigenvalue weighted by atomic mass is 10.1. The summed E-state index contributed by atoms with van der Waals surface area (Å²) in [7, 11) is 1.64. The van der Waals surface area contributed by atoms with Crippen LogP contribution in [0.25, 0.3) is 22.2 Å². The molecule has 25 heavy (non-hydrogen) atoms. The van der Waals surface area contributed by atoms with Gasteiger partial charge in [0.2, 0.25) is 5.89 Å². The van der Waals surface area contributed by atoms with E-state index < -0.39 is 0 Å². The van der Waals surface area contributed by atoms with E-state index in [1.165, 1.54) is 16.3 Å². The number of hydrogen-bond donors (Lipinski definition) is 0. The van der Waals surface area contributed by atoms with Crippen molar-refractivity contribution in [1.29, 1.82) is 0 Å². The molecular weight excluding hydrogens is 332 g/mol. The summed E-state index contributed by atoms with van der Waals surface area (Å²) in [6.45, 7) is 0. The zero-order chi connectivity index (χ0) is 17.1. The first-order chi connectivity index (χ1) is 12.3. The number of hydrogen-bond acceptors (Lipinski definition) is 5.